The summed E-state index contributed by atoms with van der Waals surface area (Å²) in [5, 5.41) is 20.9. The normalized spacial score (nSPS) is 10.7. The fraction of sp³-hybridized carbons (Fsp3) is 0.0769. The maximum absolute atomic E-state index is 12.1. The van der Waals surface area contributed by atoms with E-state index in [1.807, 2.05) is 0 Å². The highest BCUT2D eigenvalue weighted by Gasteiger charge is 2.13. The second kappa shape index (κ2) is 7.10. The third-order valence-electron chi connectivity index (χ3n) is 2.54. The number of H-pyrrole nitrogens is 1. The first-order valence-electron chi connectivity index (χ1n) is 6.01. The summed E-state index contributed by atoms with van der Waals surface area (Å²) < 4.78 is 5.12. The molecule has 112 valence electrons. The van der Waals surface area contributed by atoms with Crippen molar-refractivity contribution in [3.05, 3.63) is 41.3 Å². The molecule has 2 rings (SSSR count). The highest BCUT2D eigenvalue weighted by Crippen LogP contribution is 2.27. The standard InChI is InChI=1S/C13H11ClN6O2/c1-22-11-3-2-9(14)4-10(11)19-12(21)8(5-15)6-16-13-17-7-18-20-13/h2-4,6-7H,1H3,(H,19,21)(H2,16,17,18,20)/b8-6-. The van der Waals surface area contributed by atoms with Gasteiger partial charge in [-0.25, -0.2) is 5.10 Å². The number of aromatic nitrogens is 3. The molecule has 1 aromatic carbocycles. The van der Waals surface area contributed by atoms with Gasteiger partial charge in [0.15, 0.2) is 0 Å². The lowest BCUT2D eigenvalue weighted by Gasteiger charge is -2.10. The van der Waals surface area contributed by atoms with Crippen molar-refractivity contribution in [1.82, 2.24) is 15.2 Å². The van der Waals surface area contributed by atoms with Crippen molar-refractivity contribution in [2.45, 2.75) is 0 Å². The van der Waals surface area contributed by atoms with E-state index in [1.165, 1.54) is 25.7 Å². The summed E-state index contributed by atoms with van der Waals surface area (Å²) in [6.45, 7) is 0. The third kappa shape index (κ3) is 3.74. The lowest BCUT2D eigenvalue weighted by atomic mass is 10.2. The van der Waals surface area contributed by atoms with E-state index in [-0.39, 0.29) is 5.57 Å². The van der Waals surface area contributed by atoms with Crippen molar-refractivity contribution in [3.63, 3.8) is 0 Å². The molecule has 0 radical (unpaired) electrons. The molecule has 2 aromatic rings. The molecule has 0 bridgehead atoms. The van der Waals surface area contributed by atoms with Gasteiger partial charge in [-0.15, -0.1) is 0 Å². The topological polar surface area (TPSA) is 116 Å². The van der Waals surface area contributed by atoms with Crippen LogP contribution in [0.4, 0.5) is 11.6 Å². The first kappa shape index (κ1) is 15.3. The van der Waals surface area contributed by atoms with Crippen LogP contribution in [0.5, 0.6) is 5.75 Å². The molecule has 0 aliphatic heterocycles. The van der Waals surface area contributed by atoms with Crippen LogP contribution in [0.15, 0.2) is 36.3 Å². The van der Waals surface area contributed by atoms with Gasteiger partial charge < -0.3 is 15.4 Å². The van der Waals surface area contributed by atoms with E-state index in [2.05, 4.69) is 25.8 Å². The summed E-state index contributed by atoms with van der Waals surface area (Å²) >= 11 is 5.88. The number of nitrogens with one attached hydrogen (secondary N) is 3. The zero-order valence-electron chi connectivity index (χ0n) is 11.4. The summed E-state index contributed by atoms with van der Waals surface area (Å²) in [7, 11) is 1.46. The van der Waals surface area contributed by atoms with E-state index in [4.69, 9.17) is 21.6 Å². The average Bonchev–Trinajstić information content (AvgIpc) is 3.01. The van der Waals surface area contributed by atoms with Gasteiger partial charge in [0.1, 0.15) is 23.7 Å². The Morgan fingerprint density at radius 2 is 2.36 bits per heavy atom. The fourth-order valence-corrected chi connectivity index (χ4v) is 1.70. The number of nitrogens with zero attached hydrogens (tertiary/aromatic N) is 3. The van der Waals surface area contributed by atoms with E-state index in [1.54, 1.807) is 18.2 Å². The van der Waals surface area contributed by atoms with E-state index in [9.17, 15) is 4.79 Å². The molecule has 0 saturated heterocycles. The van der Waals surface area contributed by atoms with Crippen LogP contribution < -0.4 is 15.4 Å². The van der Waals surface area contributed by atoms with Crippen LogP contribution in [-0.4, -0.2) is 28.2 Å². The molecule has 0 atom stereocenters. The summed E-state index contributed by atoms with van der Waals surface area (Å²) in [6, 6.07) is 6.55. The van der Waals surface area contributed by atoms with Gasteiger partial charge in [-0.05, 0) is 18.2 Å². The number of aromatic amines is 1. The van der Waals surface area contributed by atoms with Crippen molar-refractivity contribution < 1.29 is 9.53 Å². The number of nitriles is 1. The Morgan fingerprint density at radius 3 is 3.00 bits per heavy atom. The number of carbonyl (C=O) groups excluding carboxylic acids is 1. The number of halogens is 1. The average molecular weight is 319 g/mol. The number of rotatable bonds is 5. The van der Waals surface area contributed by atoms with Crippen molar-refractivity contribution >= 4 is 29.1 Å². The molecule has 1 amide bonds. The van der Waals surface area contributed by atoms with Crippen LogP contribution in [-0.2, 0) is 4.79 Å². The predicted molar refractivity (Wildman–Crippen MR) is 80.3 cm³/mol. The highest BCUT2D eigenvalue weighted by atomic mass is 35.5. The Hall–Kier alpha value is -3.05. The van der Waals surface area contributed by atoms with Crippen molar-refractivity contribution in [1.29, 1.82) is 5.26 Å². The minimum absolute atomic E-state index is 0.154. The van der Waals surface area contributed by atoms with Crippen LogP contribution in [0, 0.1) is 11.3 Å². The number of amides is 1. The molecule has 8 nitrogen and oxygen atoms in total. The van der Waals surface area contributed by atoms with E-state index < -0.39 is 5.91 Å². The number of ether oxygens (including phenoxy) is 1. The largest absolute Gasteiger partial charge is 0.495 e. The SMILES string of the molecule is COc1ccc(Cl)cc1NC(=O)/C(C#N)=C\Nc1ncn[nH]1. The maximum Gasteiger partial charge on any atom is 0.267 e. The van der Waals surface area contributed by atoms with Gasteiger partial charge in [-0.1, -0.05) is 11.6 Å². The van der Waals surface area contributed by atoms with Crippen LogP contribution in [0.1, 0.15) is 0 Å². The summed E-state index contributed by atoms with van der Waals surface area (Å²) in [5.41, 5.74) is 0.208. The van der Waals surface area contributed by atoms with Crippen molar-refractivity contribution in [2.75, 3.05) is 17.7 Å². The Balaban J connectivity index is 2.14. The Labute approximate surface area is 130 Å². The van der Waals surface area contributed by atoms with Gasteiger partial charge in [0.25, 0.3) is 5.91 Å². The number of hydrogen-bond acceptors (Lipinski definition) is 6. The predicted octanol–water partition coefficient (Wildman–Crippen LogP) is 1.92. The molecule has 1 heterocycles. The van der Waals surface area contributed by atoms with Crippen LogP contribution in [0.25, 0.3) is 0 Å². The number of hydrogen-bond donors (Lipinski definition) is 3. The number of carbonyl (C=O) groups is 1. The Bertz CT molecular complexity index is 735. The molecule has 9 heteroatoms. The molecule has 0 spiro atoms. The van der Waals surface area contributed by atoms with Crippen LogP contribution in [0.3, 0.4) is 0 Å². The summed E-state index contributed by atoms with van der Waals surface area (Å²) in [4.78, 5) is 15.9. The number of benzene rings is 1. The Morgan fingerprint density at radius 1 is 1.55 bits per heavy atom. The zero-order valence-corrected chi connectivity index (χ0v) is 12.2. The molecule has 22 heavy (non-hydrogen) atoms. The molecule has 0 aliphatic carbocycles. The van der Waals surface area contributed by atoms with Gasteiger partial charge in [0.2, 0.25) is 5.95 Å². The van der Waals surface area contributed by atoms with Gasteiger partial charge in [0.05, 0.1) is 12.8 Å². The Kier molecular flexibility index (Phi) is 4.95. The lowest BCUT2D eigenvalue weighted by molar-refractivity contribution is -0.112. The zero-order chi connectivity index (χ0) is 15.9. The minimum Gasteiger partial charge on any atom is -0.495 e. The van der Waals surface area contributed by atoms with Gasteiger partial charge in [0, 0.05) is 11.2 Å². The van der Waals surface area contributed by atoms with Gasteiger partial charge in [-0.3, -0.25) is 4.79 Å². The molecule has 0 saturated carbocycles. The second-order valence-electron chi connectivity index (χ2n) is 3.95. The first-order valence-corrected chi connectivity index (χ1v) is 6.39. The monoisotopic (exact) mass is 318 g/mol. The van der Waals surface area contributed by atoms with E-state index >= 15 is 0 Å². The van der Waals surface area contributed by atoms with E-state index in [0.29, 0.717) is 22.4 Å². The quantitative estimate of drug-likeness (QED) is 0.573. The third-order valence-corrected chi connectivity index (χ3v) is 2.78. The minimum atomic E-state index is -0.616. The van der Waals surface area contributed by atoms with Crippen LogP contribution >= 0.6 is 11.6 Å². The van der Waals surface area contributed by atoms with Gasteiger partial charge >= 0.3 is 0 Å². The fourth-order valence-electron chi connectivity index (χ4n) is 1.53. The molecule has 0 unspecified atom stereocenters. The van der Waals surface area contributed by atoms with Crippen LogP contribution in [0.2, 0.25) is 5.02 Å². The summed E-state index contributed by atoms with van der Waals surface area (Å²) in [6.07, 6.45) is 2.51. The second-order valence-corrected chi connectivity index (χ2v) is 4.38. The molecular formula is C13H11ClN6O2. The summed E-state index contributed by atoms with van der Waals surface area (Å²) in [5.74, 6) is 0.120. The van der Waals surface area contributed by atoms with Crippen molar-refractivity contribution in [3.8, 4) is 11.8 Å². The molecular weight excluding hydrogens is 308 g/mol. The first-order chi connectivity index (χ1) is 10.6. The molecule has 0 aliphatic rings. The number of methoxy groups -OCH3 is 1. The van der Waals surface area contributed by atoms with Crippen molar-refractivity contribution in [2.24, 2.45) is 0 Å². The molecule has 1 aromatic heterocycles. The molecule has 0 fully saturated rings. The highest BCUT2D eigenvalue weighted by molar-refractivity contribution is 6.31. The maximum atomic E-state index is 12.1. The number of anilines is 2. The smallest absolute Gasteiger partial charge is 0.267 e. The van der Waals surface area contributed by atoms with Gasteiger partial charge in [-0.2, -0.15) is 15.3 Å². The molecule has 3 N–H and O–H groups in total. The van der Waals surface area contributed by atoms with E-state index in [0.717, 1.165) is 0 Å². The lowest BCUT2D eigenvalue weighted by Crippen LogP contribution is -2.15.